The van der Waals surface area contributed by atoms with Crippen LogP contribution in [-0.2, 0) is 14.8 Å². The Kier molecular flexibility index (Phi) is 4.47. The summed E-state index contributed by atoms with van der Waals surface area (Å²) in [5, 5.41) is -0.198. The van der Waals surface area contributed by atoms with Gasteiger partial charge in [0.05, 0.1) is 15.8 Å². The maximum absolute atomic E-state index is 12.6. The smallest absolute Gasteiger partial charge is 0.273 e. The monoisotopic (exact) mass is 360 g/mol. The fraction of sp³-hybridized carbons (Fsp3) is 0.176. The predicted molar refractivity (Wildman–Crippen MR) is 96.8 cm³/mol. The van der Waals surface area contributed by atoms with Gasteiger partial charge >= 0.3 is 0 Å². The molecule has 2 aromatic rings. The number of sulfonamides is 1. The van der Waals surface area contributed by atoms with Crippen LogP contribution in [0.4, 0.5) is 5.69 Å². The molecule has 0 aromatic heterocycles. The summed E-state index contributed by atoms with van der Waals surface area (Å²) in [6, 6.07) is 15.4. The lowest BCUT2D eigenvalue weighted by molar-refractivity contribution is -0.116. The third kappa shape index (κ3) is 3.22. The molecular formula is C17H16N2O3S2. The molecule has 0 bridgehead atoms. The lowest BCUT2D eigenvalue weighted by atomic mass is 10.2. The number of amidine groups is 1. The number of amides is 1. The molecule has 0 N–H and O–H groups in total. The second kappa shape index (κ2) is 6.41. The van der Waals surface area contributed by atoms with E-state index in [1.165, 1.54) is 17.0 Å². The van der Waals surface area contributed by atoms with E-state index in [0.29, 0.717) is 5.69 Å². The van der Waals surface area contributed by atoms with Crippen LogP contribution >= 0.6 is 11.8 Å². The van der Waals surface area contributed by atoms with E-state index >= 15 is 0 Å². The van der Waals surface area contributed by atoms with Gasteiger partial charge < -0.3 is 0 Å². The molecule has 1 aliphatic heterocycles. The highest BCUT2D eigenvalue weighted by atomic mass is 32.2. The summed E-state index contributed by atoms with van der Waals surface area (Å²) in [6.07, 6.45) is 0. The summed E-state index contributed by atoms with van der Waals surface area (Å²) in [5.74, 6) is -0.177. The molecule has 0 spiro atoms. The summed E-state index contributed by atoms with van der Waals surface area (Å²) in [6.45, 7) is 3.62. The van der Waals surface area contributed by atoms with Crippen molar-refractivity contribution in [2.45, 2.75) is 24.0 Å². The lowest BCUT2D eigenvalue weighted by Crippen LogP contribution is -2.31. The first-order valence-electron chi connectivity index (χ1n) is 7.36. The molecule has 5 nitrogen and oxygen atoms in total. The number of carbonyl (C=O) groups is 1. The standard InChI is InChI=1S/C17H16N2O3S2/c1-12-8-10-15(11-9-12)24(21,22)18-17-19(16(20)13(2)23-17)14-6-4-3-5-7-14/h3-11,13H,1-2H3. The van der Waals surface area contributed by atoms with Crippen LogP contribution in [0.5, 0.6) is 0 Å². The zero-order valence-electron chi connectivity index (χ0n) is 13.2. The molecule has 24 heavy (non-hydrogen) atoms. The van der Waals surface area contributed by atoms with Crippen molar-refractivity contribution in [2.75, 3.05) is 4.90 Å². The summed E-state index contributed by atoms with van der Waals surface area (Å²) in [5.41, 5.74) is 1.57. The molecule has 1 heterocycles. The number of anilines is 1. The van der Waals surface area contributed by atoms with Crippen LogP contribution in [0.1, 0.15) is 12.5 Å². The fourth-order valence-electron chi connectivity index (χ4n) is 2.28. The SMILES string of the molecule is Cc1ccc(S(=O)(=O)N=C2SC(C)C(=O)N2c2ccccc2)cc1. The Hall–Kier alpha value is -2.12. The molecule has 3 rings (SSSR count). The van der Waals surface area contributed by atoms with Gasteiger partial charge in [-0.3, -0.25) is 9.69 Å². The number of hydrogen-bond donors (Lipinski definition) is 0. The molecule has 1 fully saturated rings. The molecule has 1 aliphatic rings. The molecule has 0 radical (unpaired) electrons. The van der Waals surface area contributed by atoms with E-state index < -0.39 is 10.0 Å². The first-order chi connectivity index (χ1) is 11.4. The first-order valence-corrected chi connectivity index (χ1v) is 9.68. The second-order valence-electron chi connectivity index (χ2n) is 5.43. The molecule has 7 heteroatoms. The van der Waals surface area contributed by atoms with Crippen molar-refractivity contribution >= 4 is 38.5 Å². The van der Waals surface area contributed by atoms with Crippen LogP contribution in [0.3, 0.4) is 0 Å². The third-order valence-electron chi connectivity index (χ3n) is 3.57. The van der Waals surface area contributed by atoms with E-state index in [1.807, 2.05) is 13.0 Å². The maximum atomic E-state index is 12.6. The summed E-state index contributed by atoms with van der Waals surface area (Å²) in [4.78, 5) is 13.9. The Morgan fingerprint density at radius 2 is 1.67 bits per heavy atom. The van der Waals surface area contributed by atoms with Gasteiger partial charge in [0.2, 0.25) is 5.91 Å². The van der Waals surface area contributed by atoms with Crippen LogP contribution in [0.2, 0.25) is 0 Å². The van der Waals surface area contributed by atoms with E-state index in [1.54, 1.807) is 43.3 Å². The van der Waals surface area contributed by atoms with Crippen LogP contribution in [-0.4, -0.2) is 24.7 Å². The number of hydrogen-bond acceptors (Lipinski definition) is 4. The van der Waals surface area contributed by atoms with Gasteiger partial charge in [0.1, 0.15) is 0 Å². The highest BCUT2D eigenvalue weighted by molar-refractivity contribution is 8.16. The van der Waals surface area contributed by atoms with Crippen LogP contribution in [0, 0.1) is 6.92 Å². The molecule has 1 atom stereocenters. The largest absolute Gasteiger partial charge is 0.284 e. The van der Waals surface area contributed by atoms with Crippen molar-refractivity contribution < 1.29 is 13.2 Å². The molecule has 0 saturated carbocycles. The van der Waals surface area contributed by atoms with E-state index in [4.69, 9.17) is 0 Å². The molecule has 0 aliphatic carbocycles. The minimum atomic E-state index is -3.87. The van der Waals surface area contributed by atoms with Gasteiger partial charge in [-0.05, 0) is 38.1 Å². The number of para-hydroxylation sites is 1. The van der Waals surface area contributed by atoms with Crippen molar-refractivity contribution in [1.82, 2.24) is 0 Å². The van der Waals surface area contributed by atoms with Gasteiger partial charge in [0.15, 0.2) is 5.17 Å². The molecule has 1 amide bonds. The van der Waals surface area contributed by atoms with Crippen LogP contribution in [0.25, 0.3) is 0 Å². The Labute approximate surface area is 145 Å². The number of benzene rings is 2. The van der Waals surface area contributed by atoms with Gasteiger partial charge in [-0.2, -0.15) is 8.42 Å². The Bertz CT molecular complexity index is 891. The molecule has 1 saturated heterocycles. The molecular weight excluding hydrogens is 344 g/mol. The molecule has 124 valence electrons. The minimum Gasteiger partial charge on any atom is -0.273 e. The third-order valence-corrected chi connectivity index (χ3v) is 6.01. The Morgan fingerprint density at radius 1 is 1.04 bits per heavy atom. The summed E-state index contributed by atoms with van der Waals surface area (Å²) in [7, 11) is -3.87. The predicted octanol–water partition coefficient (Wildman–Crippen LogP) is 3.21. The van der Waals surface area contributed by atoms with Crippen molar-refractivity contribution in [2.24, 2.45) is 4.40 Å². The highest BCUT2D eigenvalue weighted by Crippen LogP contribution is 2.32. The van der Waals surface area contributed by atoms with Crippen molar-refractivity contribution in [3.63, 3.8) is 0 Å². The van der Waals surface area contributed by atoms with E-state index in [9.17, 15) is 13.2 Å². The van der Waals surface area contributed by atoms with Crippen molar-refractivity contribution in [3.8, 4) is 0 Å². The quantitative estimate of drug-likeness (QED) is 0.843. The number of nitrogens with zero attached hydrogens (tertiary/aromatic N) is 2. The van der Waals surface area contributed by atoms with E-state index in [2.05, 4.69) is 4.40 Å². The van der Waals surface area contributed by atoms with Gasteiger partial charge in [0.25, 0.3) is 10.0 Å². The maximum Gasteiger partial charge on any atom is 0.284 e. The number of aryl methyl sites for hydroxylation is 1. The molecule has 2 aromatic carbocycles. The van der Waals surface area contributed by atoms with Crippen molar-refractivity contribution in [1.29, 1.82) is 0 Å². The Morgan fingerprint density at radius 3 is 2.29 bits per heavy atom. The van der Waals surface area contributed by atoms with Gasteiger partial charge in [0, 0.05) is 0 Å². The summed E-state index contributed by atoms with van der Waals surface area (Å²) < 4.78 is 29.0. The zero-order chi connectivity index (χ0) is 17.3. The number of rotatable bonds is 3. The van der Waals surface area contributed by atoms with Gasteiger partial charge in [-0.25, -0.2) is 0 Å². The topological polar surface area (TPSA) is 66.8 Å². The van der Waals surface area contributed by atoms with Crippen molar-refractivity contribution in [3.05, 3.63) is 60.2 Å². The highest BCUT2D eigenvalue weighted by Gasteiger charge is 2.37. The van der Waals surface area contributed by atoms with E-state index in [-0.39, 0.29) is 21.2 Å². The van der Waals surface area contributed by atoms with Gasteiger partial charge in [-0.1, -0.05) is 47.7 Å². The normalized spacial score (nSPS) is 19.9. The average Bonchev–Trinajstić information content (AvgIpc) is 2.82. The number of thioether (sulfide) groups is 1. The Balaban J connectivity index is 2.04. The average molecular weight is 360 g/mol. The lowest BCUT2D eigenvalue weighted by Gasteiger charge is -2.15. The zero-order valence-corrected chi connectivity index (χ0v) is 14.8. The van der Waals surface area contributed by atoms with Crippen LogP contribution in [0.15, 0.2) is 63.9 Å². The number of carbonyl (C=O) groups excluding carboxylic acids is 1. The van der Waals surface area contributed by atoms with Gasteiger partial charge in [-0.15, -0.1) is 4.40 Å². The van der Waals surface area contributed by atoms with Crippen LogP contribution < -0.4 is 4.90 Å². The first kappa shape index (κ1) is 16.7. The van der Waals surface area contributed by atoms with E-state index in [0.717, 1.165) is 17.3 Å². The minimum absolute atomic E-state index is 0.112. The summed E-state index contributed by atoms with van der Waals surface area (Å²) >= 11 is 1.15. The molecule has 1 unspecified atom stereocenters. The fourth-order valence-corrected chi connectivity index (χ4v) is 4.44. The second-order valence-corrected chi connectivity index (χ2v) is 8.34.